The number of nitrogens with one attached hydrogen (secondary N) is 1. The first kappa shape index (κ1) is 15.2. The van der Waals surface area contributed by atoms with Crippen molar-refractivity contribution in [2.24, 2.45) is 11.8 Å². The molecule has 2 rings (SSSR count). The number of piperidine rings is 1. The average Bonchev–Trinajstić information content (AvgIpc) is 2.36. The van der Waals surface area contributed by atoms with Crippen LogP contribution in [0.3, 0.4) is 0 Å². The standard InChI is InChI=1S/C16H26FN3/c1-11(2)19-8-14-5-6-18-16(15(14)17)20-9-12(3)7-13(4)10-20/h5-6,11-13,19H,7-10H2,1-4H3. The van der Waals surface area contributed by atoms with Gasteiger partial charge in [-0.1, -0.05) is 27.7 Å². The van der Waals surface area contributed by atoms with Crippen molar-refractivity contribution in [3.63, 3.8) is 0 Å². The van der Waals surface area contributed by atoms with Crippen LogP contribution >= 0.6 is 0 Å². The number of hydrogen-bond acceptors (Lipinski definition) is 3. The number of aromatic nitrogens is 1. The average molecular weight is 279 g/mol. The Balaban J connectivity index is 2.17. The van der Waals surface area contributed by atoms with Crippen LogP contribution in [-0.2, 0) is 6.54 Å². The molecule has 1 aromatic heterocycles. The summed E-state index contributed by atoms with van der Waals surface area (Å²) in [5.74, 6) is 1.54. The lowest BCUT2D eigenvalue weighted by Gasteiger charge is -2.36. The van der Waals surface area contributed by atoms with Gasteiger partial charge in [-0.15, -0.1) is 0 Å². The fourth-order valence-electron chi connectivity index (χ4n) is 2.98. The molecule has 4 heteroatoms. The molecule has 0 spiro atoms. The smallest absolute Gasteiger partial charge is 0.170 e. The van der Waals surface area contributed by atoms with E-state index in [4.69, 9.17) is 0 Å². The minimum atomic E-state index is -0.165. The van der Waals surface area contributed by atoms with Crippen molar-refractivity contribution in [2.75, 3.05) is 18.0 Å². The molecule has 1 aliphatic heterocycles. The van der Waals surface area contributed by atoms with E-state index in [1.807, 2.05) is 0 Å². The molecule has 1 N–H and O–H groups in total. The van der Waals surface area contributed by atoms with Crippen molar-refractivity contribution in [2.45, 2.75) is 46.7 Å². The van der Waals surface area contributed by atoms with Crippen LogP contribution in [0.1, 0.15) is 39.7 Å². The Morgan fingerprint density at radius 2 is 2.00 bits per heavy atom. The Hall–Kier alpha value is -1.16. The van der Waals surface area contributed by atoms with E-state index in [0.717, 1.165) is 13.1 Å². The Labute approximate surface area is 121 Å². The molecule has 1 saturated heterocycles. The number of rotatable bonds is 4. The van der Waals surface area contributed by atoms with Gasteiger partial charge < -0.3 is 10.2 Å². The molecular formula is C16H26FN3. The van der Waals surface area contributed by atoms with Crippen molar-refractivity contribution in [3.05, 3.63) is 23.6 Å². The summed E-state index contributed by atoms with van der Waals surface area (Å²) in [5.41, 5.74) is 0.703. The molecule has 3 nitrogen and oxygen atoms in total. The van der Waals surface area contributed by atoms with Gasteiger partial charge in [-0.2, -0.15) is 0 Å². The van der Waals surface area contributed by atoms with Gasteiger partial charge in [0.15, 0.2) is 11.6 Å². The first-order chi connectivity index (χ1) is 9.47. The molecule has 2 heterocycles. The quantitative estimate of drug-likeness (QED) is 0.917. The van der Waals surface area contributed by atoms with Crippen LogP contribution in [0.15, 0.2) is 12.3 Å². The van der Waals surface area contributed by atoms with Gasteiger partial charge in [0.2, 0.25) is 0 Å². The van der Waals surface area contributed by atoms with Crippen molar-refractivity contribution >= 4 is 5.82 Å². The normalized spacial score (nSPS) is 23.4. The summed E-state index contributed by atoms with van der Waals surface area (Å²) in [6, 6.07) is 2.12. The largest absolute Gasteiger partial charge is 0.354 e. The fraction of sp³-hybridized carbons (Fsp3) is 0.688. The first-order valence-electron chi connectivity index (χ1n) is 7.59. The van der Waals surface area contributed by atoms with Crippen LogP contribution in [-0.4, -0.2) is 24.1 Å². The molecule has 0 aliphatic carbocycles. The number of anilines is 1. The van der Waals surface area contributed by atoms with E-state index in [0.29, 0.717) is 35.8 Å². The fourth-order valence-corrected chi connectivity index (χ4v) is 2.98. The molecule has 0 amide bonds. The van der Waals surface area contributed by atoms with Gasteiger partial charge in [0.05, 0.1) is 0 Å². The Bertz CT molecular complexity index is 437. The van der Waals surface area contributed by atoms with Crippen LogP contribution < -0.4 is 10.2 Å². The second kappa shape index (κ2) is 6.53. The maximum Gasteiger partial charge on any atom is 0.170 e. The minimum Gasteiger partial charge on any atom is -0.354 e. The Morgan fingerprint density at radius 1 is 1.35 bits per heavy atom. The zero-order chi connectivity index (χ0) is 14.7. The van der Waals surface area contributed by atoms with Crippen LogP contribution in [0, 0.1) is 17.7 Å². The number of halogens is 1. The lowest BCUT2D eigenvalue weighted by atomic mass is 9.92. The van der Waals surface area contributed by atoms with E-state index >= 15 is 0 Å². The summed E-state index contributed by atoms with van der Waals surface area (Å²) in [7, 11) is 0. The van der Waals surface area contributed by atoms with E-state index < -0.39 is 0 Å². The van der Waals surface area contributed by atoms with Gasteiger partial charge >= 0.3 is 0 Å². The van der Waals surface area contributed by atoms with Crippen molar-refractivity contribution < 1.29 is 4.39 Å². The summed E-state index contributed by atoms with van der Waals surface area (Å²) in [6.07, 6.45) is 2.94. The van der Waals surface area contributed by atoms with Crippen molar-refractivity contribution in [1.82, 2.24) is 10.3 Å². The van der Waals surface area contributed by atoms with Gasteiger partial charge in [0.1, 0.15) is 0 Å². The van der Waals surface area contributed by atoms with E-state index in [9.17, 15) is 4.39 Å². The monoisotopic (exact) mass is 279 g/mol. The summed E-state index contributed by atoms with van der Waals surface area (Å²) in [6.45, 7) is 10.9. The van der Waals surface area contributed by atoms with Gasteiger partial charge in [0.25, 0.3) is 0 Å². The second-order valence-corrected chi connectivity index (χ2v) is 6.49. The second-order valence-electron chi connectivity index (χ2n) is 6.49. The maximum absolute atomic E-state index is 14.6. The summed E-state index contributed by atoms with van der Waals surface area (Å²) in [5, 5.41) is 3.26. The SMILES string of the molecule is CC1CC(C)CN(c2nccc(CNC(C)C)c2F)C1. The molecule has 20 heavy (non-hydrogen) atoms. The van der Waals surface area contributed by atoms with Crippen molar-refractivity contribution in [3.8, 4) is 0 Å². The Morgan fingerprint density at radius 3 is 2.60 bits per heavy atom. The lowest BCUT2D eigenvalue weighted by Crippen LogP contribution is -2.39. The zero-order valence-electron chi connectivity index (χ0n) is 13.0. The predicted molar refractivity (Wildman–Crippen MR) is 81.3 cm³/mol. The highest BCUT2D eigenvalue weighted by molar-refractivity contribution is 5.43. The number of hydrogen-bond donors (Lipinski definition) is 1. The third-order valence-electron chi connectivity index (χ3n) is 3.82. The summed E-state index contributed by atoms with van der Waals surface area (Å²) >= 11 is 0. The first-order valence-corrected chi connectivity index (χ1v) is 7.59. The van der Waals surface area contributed by atoms with E-state index in [1.54, 1.807) is 12.3 Å². The third kappa shape index (κ3) is 3.69. The van der Waals surface area contributed by atoms with Crippen LogP contribution in [0.2, 0.25) is 0 Å². The highest BCUT2D eigenvalue weighted by Crippen LogP contribution is 2.27. The molecule has 0 aromatic carbocycles. The van der Waals surface area contributed by atoms with E-state index in [1.165, 1.54) is 6.42 Å². The zero-order valence-corrected chi connectivity index (χ0v) is 13.0. The topological polar surface area (TPSA) is 28.2 Å². The molecule has 1 aliphatic rings. The molecule has 112 valence electrons. The van der Waals surface area contributed by atoms with Gasteiger partial charge in [0, 0.05) is 37.4 Å². The molecule has 2 unspecified atom stereocenters. The molecule has 0 radical (unpaired) electrons. The summed E-state index contributed by atoms with van der Waals surface area (Å²) in [4.78, 5) is 6.39. The van der Waals surface area contributed by atoms with Crippen LogP contribution in [0.4, 0.5) is 10.2 Å². The van der Waals surface area contributed by atoms with Gasteiger partial charge in [-0.3, -0.25) is 0 Å². The van der Waals surface area contributed by atoms with Crippen LogP contribution in [0.5, 0.6) is 0 Å². The highest BCUT2D eigenvalue weighted by atomic mass is 19.1. The number of pyridine rings is 1. The van der Waals surface area contributed by atoms with E-state index in [-0.39, 0.29) is 5.82 Å². The maximum atomic E-state index is 14.6. The molecule has 1 fully saturated rings. The van der Waals surface area contributed by atoms with Gasteiger partial charge in [-0.25, -0.2) is 9.37 Å². The van der Waals surface area contributed by atoms with Gasteiger partial charge in [-0.05, 0) is 24.3 Å². The molecule has 0 bridgehead atoms. The molecular weight excluding hydrogens is 253 g/mol. The number of nitrogens with zero attached hydrogens (tertiary/aromatic N) is 2. The highest BCUT2D eigenvalue weighted by Gasteiger charge is 2.25. The van der Waals surface area contributed by atoms with Crippen molar-refractivity contribution in [1.29, 1.82) is 0 Å². The van der Waals surface area contributed by atoms with E-state index in [2.05, 4.69) is 42.9 Å². The molecule has 1 aromatic rings. The molecule has 0 saturated carbocycles. The third-order valence-corrected chi connectivity index (χ3v) is 3.82. The summed E-state index contributed by atoms with van der Waals surface area (Å²) < 4.78 is 14.6. The lowest BCUT2D eigenvalue weighted by molar-refractivity contribution is 0.352. The van der Waals surface area contributed by atoms with Crippen LogP contribution in [0.25, 0.3) is 0 Å². The molecule has 2 atom stereocenters. The minimum absolute atomic E-state index is 0.165. The Kier molecular flexibility index (Phi) is 4.97. The predicted octanol–water partition coefficient (Wildman–Crippen LogP) is 3.20.